The smallest absolute Gasteiger partial charge is 0.172 e. The Hall–Kier alpha value is -0.510. The maximum Gasteiger partial charge on any atom is 0.172 e. The number of benzene rings is 1. The van der Waals surface area contributed by atoms with Gasteiger partial charge < -0.3 is 10.2 Å². The SMILES string of the molecule is CN(C)C(=S)Nc1c(Cl)cccc1Cl. The van der Waals surface area contributed by atoms with Crippen molar-refractivity contribution in [3.8, 4) is 0 Å². The molecule has 0 unspecified atom stereocenters. The normalized spacial score (nSPS) is 9.71. The van der Waals surface area contributed by atoms with Crippen LogP contribution in [0.1, 0.15) is 0 Å². The van der Waals surface area contributed by atoms with Gasteiger partial charge in [0.05, 0.1) is 15.7 Å². The molecule has 0 atom stereocenters. The van der Waals surface area contributed by atoms with E-state index in [0.717, 1.165) is 0 Å². The minimum absolute atomic E-state index is 0.557. The molecule has 14 heavy (non-hydrogen) atoms. The van der Waals surface area contributed by atoms with Gasteiger partial charge in [0.1, 0.15) is 0 Å². The van der Waals surface area contributed by atoms with E-state index < -0.39 is 0 Å². The van der Waals surface area contributed by atoms with Crippen LogP contribution in [-0.4, -0.2) is 24.1 Å². The summed E-state index contributed by atoms with van der Waals surface area (Å²) in [5, 5.41) is 4.66. The summed E-state index contributed by atoms with van der Waals surface area (Å²) in [5.74, 6) is 0. The van der Waals surface area contributed by atoms with Crippen LogP contribution in [0, 0.1) is 0 Å². The standard InChI is InChI=1S/C9H10Cl2N2S/c1-13(2)9(14)12-8-6(10)4-3-5-7(8)11/h3-5H,1-2H3,(H,12,14). The van der Waals surface area contributed by atoms with Crippen molar-refractivity contribution in [3.05, 3.63) is 28.2 Å². The predicted molar refractivity (Wildman–Crippen MR) is 66.4 cm³/mol. The lowest BCUT2D eigenvalue weighted by molar-refractivity contribution is 0.634. The van der Waals surface area contributed by atoms with Gasteiger partial charge in [-0.1, -0.05) is 29.3 Å². The second-order valence-corrected chi connectivity index (χ2v) is 4.12. The van der Waals surface area contributed by atoms with Gasteiger partial charge in [0.25, 0.3) is 0 Å². The highest BCUT2D eigenvalue weighted by atomic mass is 35.5. The van der Waals surface area contributed by atoms with Crippen molar-refractivity contribution in [2.45, 2.75) is 0 Å². The van der Waals surface area contributed by atoms with E-state index in [1.165, 1.54) is 0 Å². The number of anilines is 1. The Bertz CT molecular complexity index is 332. The lowest BCUT2D eigenvalue weighted by atomic mass is 10.3. The summed E-state index contributed by atoms with van der Waals surface area (Å²) in [4.78, 5) is 1.77. The first kappa shape index (κ1) is 11.6. The van der Waals surface area contributed by atoms with E-state index in [1.54, 1.807) is 23.1 Å². The van der Waals surface area contributed by atoms with E-state index in [0.29, 0.717) is 20.8 Å². The van der Waals surface area contributed by atoms with Crippen molar-refractivity contribution >= 4 is 46.2 Å². The van der Waals surface area contributed by atoms with Crippen LogP contribution in [0.2, 0.25) is 10.0 Å². The molecule has 0 amide bonds. The van der Waals surface area contributed by atoms with Gasteiger partial charge in [-0.05, 0) is 24.4 Å². The number of hydrogen-bond acceptors (Lipinski definition) is 1. The van der Waals surface area contributed by atoms with Crippen LogP contribution in [-0.2, 0) is 0 Å². The van der Waals surface area contributed by atoms with Gasteiger partial charge in [-0.2, -0.15) is 0 Å². The molecule has 5 heteroatoms. The fourth-order valence-corrected chi connectivity index (χ4v) is 1.43. The molecule has 76 valence electrons. The molecule has 0 aliphatic rings. The van der Waals surface area contributed by atoms with Crippen molar-refractivity contribution in [2.75, 3.05) is 19.4 Å². The largest absolute Gasteiger partial charge is 0.355 e. The van der Waals surface area contributed by atoms with Gasteiger partial charge in [0.2, 0.25) is 0 Å². The lowest BCUT2D eigenvalue weighted by Crippen LogP contribution is -2.27. The van der Waals surface area contributed by atoms with Crippen molar-refractivity contribution in [1.29, 1.82) is 0 Å². The quantitative estimate of drug-likeness (QED) is 0.769. The van der Waals surface area contributed by atoms with Crippen LogP contribution in [0.3, 0.4) is 0 Å². The lowest BCUT2D eigenvalue weighted by Gasteiger charge is -2.17. The van der Waals surface area contributed by atoms with Crippen LogP contribution in [0.4, 0.5) is 5.69 Å². The number of rotatable bonds is 1. The summed E-state index contributed by atoms with van der Waals surface area (Å²) in [6.45, 7) is 0. The summed E-state index contributed by atoms with van der Waals surface area (Å²) >= 11 is 17.0. The highest BCUT2D eigenvalue weighted by Crippen LogP contribution is 2.29. The van der Waals surface area contributed by atoms with Gasteiger partial charge in [-0.3, -0.25) is 0 Å². The summed E-state index contributed by atoms with van der Waals surface area (Å²) < 4.78 is 0. The molecule has 1 aromatic rings. The predicted octanol–water partition coefficient (Wildman–Crippen LogP) is 3.25. The van der Waals surface area contributed by atoms with Crippen LogP contribution >= 0.6 is 35.4 Å². The molecule has 0 bridgehead atoms. The minimum atomic E-state index is 0.557. The molecule has 1 aromatic carbocycles. The molecule has 0 radical (unpaired) electrons. The average Bonchev–Trinajstić information content (AvgIpc) is 2.11. The Morgan fingerprint density at radius 3 is 2.21 bits per heavy atom. The fraction of sp³-hybridized carbons (Fsp3) is 0.222. The molecule has 0 heterocycles. The molecule has 0 spiro atoms. The third-order valence-corrected chi connectivity index (χ3v) is 2.70. The first-order chi connectivity index (χ1) is 6.52. The molecule has 1 rings (SSSR count). The van der Waals surface area contributed by atoms with Gasteiger partial charge in [-0.25, -0.2) is 0 Å². The van der Waals surface area contributed by atoms with E-state index in [-0.39, 0.29) is 0 Å². The van der Waals surface area contributed by atoms with E-state index in [2.05, 4.69) is 5.32 Å². The molecule has 0 saturated heterocycles. The maximum atomic E-state index is 5.95. The number of para-hydroxylation sites is 1. The second-order valence-electron chi connectivity index (χ2n) is 2.92. The van der Waals surface area contributed by atoms with Crippen molar-refractivity contribution in [3.63, 3.8) is 0 Å². The first-order valence-electron chi connectivity index (χ1n) is 3.94. The van der Waals surface area contributed by atoms with Gasteiger partial charge >= 0.3 is 0 Å². The van der Waals surface area contributed by atoms with E-state index >= 15 is 0 Å². The first-order valence-corrected chi connectivity index (χ1v) is 5.11. The summed E-state index contributed by atoms with van der Waals surface area (Å²) in [7, 11) is 3.69. The van der Waals surface area contributed by atoms with Gasteiger partial charge in [-0.15, -0.1) is 0 Å². The summed E-state index contributed by atoms with van der Waals surface area (Å²) in [6, 6.07) is 5.30. The molecular formula is C9H10Cl2N2S. The molecule has 0 saturated carbocycles. The molecular weight excluding hydrogens is 239 g/mol. The molecule has 0 aliphatic heterocycles. The zero-order valence-corrected chi connectivity index (χ0v) is 10.2. The minimum Gasteiger partial charge on any atom is -0.355 e. The van der Waals surface area contributed by atoms with E-state index in [4.69, 9.17) is 35.4 Å². The third kappa shape index (κ3) is 2.74. The van der Waals surface area contributed by atoms with E-state index in [9.17, 15) is 0 Å². The maximum absolute atomic E-state index is 5.95. The molecule has 0 aromatic heterocycles. The summed E-state index contributed by atoms with van der Waals surface area (Å²) in [6.07, 6.45) is 0. The molecule has 1 N–H and O–H groups in total. The Morgan fingerprint density at radius 1 is 1.29 bits per heavy atom. The van der Waals surface area contributed by atoms with Crippen LogP contribution in [0.5, 0.6) is 0 Å². The van der Waals surface area contributed by atoms with Crippen molar-refractivity contribution < 1.29 is 0 Å². The van der Waals surface area contributed by atoms with E-state index in [1.807, 2.05) is 14.1 Å². The fourth-order valence-electron chi connectivity index (χ4n) is 0.836. The van der Waals surface area contributed by atoms with Crippen LogP contribution < -0.4 is 5.32 Å². The third-order valence-electron chi connectivity index (χ3n) is 1.60. The van der Waals surface area contributed by atoms with Gasteiger partial charge in [0.15, 0.2) is 5.11 Å². The molecule has 0 aliphatic carbocycles. The van der Waals surface area contributed by atoms with Crippen LogP contribution in [0.15, 0.2) is 18.2 Å². The molecule has 2 nitrogen and oxygen atoms in total. The number of halogens is 2. The second kappa shape index (κ2) is 4.82. The highest BCUT2D eigenvalue weighted by molar-refractivity contribution is 7.80. The zero-order chi connectivity index (χ0) is 10.7. The monoisotopic (exact) mass is 248 g/mol. The Labute approximate surface area is 98.8 Å². The zero-order valence-electron chi connectivity index (χ0n) is 7.84. The molecule has 0 fully saturated rings. The Morgan fingerprint density at radius 2 is 1.79 bits per heavy atom. The Kier molecular flexibility index (Phi) is 3.98. The number of nitrogens with one attached hydrogen (secondary N) is 1. The Balaban J connectivity index is 2.91. The van der Waals surface area contributed by atoms with Crippen molar-refractivity contribution in [1.82, 2.24) is 4.90 Å². The topological polar surface area (TPSA) is 15.3 Å². The average molecular weight is 249 g/mol. The number of nitrogens with zero attached hydrogens (tertiary/aromatic N) is 1. The number of hydrogen-bond donors (Lipinski definition) is 1. The van der Waals surface area contributed by atoms with Gasteiger partial charge in [0, 0.05) is 14.1 Å². The van der Waals surface area contributed by atoms with Crippen LogP contribution in [0.25, 0.3) is 0 Å². The van der Waals surface area contributed by atoms with Crippen molar-refractivity contribution in [2.24, 2.45) is 0 Å². The summed E-state index contributed by atoms with van der Waals surface area (Å²) in [5.41, 5.74) is 0.648. The number of thiocarbonyl (C=S) groups is 1. The highest BCUT2D eigenvalue weighted by Gasteiger charge is 2.07.